The third-order valence-electron chi connectivity index (χ3n) is 3.26. The Kier molecular flexibility index (Phi) is 6.75. The second-order valence-corrected chi connectivity index (χ2v) is 4.98. The highest BCUT2D eigenvalue weighted by molar-refractivity contribution is 5.32. The van der Waals surface area contributed by atoms with Gasteiger partial charge in [0.2, 0.25) is 0 Å². The summed E-state index contributed by atoms with van der Waals surface area (Å²) in [6, 6.07) is 5.07. The number of rotatable bonds is 8. The lowest BCUT2D eigenvalue weighted by atomic mass is 9.97. The minimum absolute atomic E-state index is 0.298. The number of aryl methyl sites for hydroxylation is 1. The summed E-state index contributed by atoms with van der Waals surface area (Å²) >= 11 is 0. The summed E-state index contributed by atoms with van der Waals surface area (Å²) in [5.41, 5.74) is 3.05. The molecule has 1 aromatic carbocycles. The van der Waals surface area contributed by atoms with Crippen LogP contribution >= 0.6 is 0 Å². The third-order valence-corrected chi connectivity index (χ3v) is 3.26. The van der Waals surface area contributed by atoms with Crippen molar-refractivity contribution in [3.63, 3.8) is 0 Å². The maximum atomic E-state index is 12.6. The number of hydrogen-bond acceptors (Lipinski definition) is 2. The normalized spacial score (nSPS) is 13.0. The topological polar surface area (TPSA) is 21.3 Å². The van der Waals surface area contributed by atoms with E-state index < -0.39 is 18.6 Å². The van der Waals surface area contributed by atoms with E-state index in [1.165, 1.54) is 6.20 Å². The summed E-state index contributed by atoms with van der Waals surface area (Å²) in [6.45, 7) is 5.96. The molecule has 0 radical (unpaired) electrons. The minimum Gasteiger partial charge on any atom is -0.388 e. The van der Waals surface area contributed by atoms with E-state index in [9.17, 15) is 13.2 Å². The van der Waals surface area contributed by atoms with Crippen molar-refractivity contribution in [1.29, 1.82) is 0 Å². The van der Waals surface area contributed by atoms with Gasteiger partial charge in [-0.2, -0.15) is 13.2 Å². The first-order valence-electron chi connectivity index (χ1n) is 6.93. The monoisotopic (exact) mass is 301 g/mol. The molecule has 0 bridgehead atoms. The number of halogens is 3. The molecule has 0 spiro atoms. The van der Waals surface area contributed by atoms with Gasteiger partial charge in [0, 0.05) is 13.2 Å². The van der Waals surface area contributed by atoms with E-state index >= 15 is 0 Å². The predicted octanol–water partition coefficient (Wildman–Crippen LogP) is 3.99. The van der Waals surface area contributed by atoms with Crippen LogP contribution in [-0.4, -0.2) is 19.3 Å². The van der Waals surface area contributed by atoms with E-state index in [-0.39, 0.29) is 0 Å². The smallest absolute Gasteiger partial charge is 0.388 e. The number of hydrogen-bond donors (Lipinski definition) is 1. The Morgan fingerprint density at radius 1 is 1.33 bits per heavy atom. The zero-order valence-electron chi connectivity index (χ0n) is 12.5. The average Bonchev–Trinajstić information content (AvgIpc) is 2.38. The van der Waals surface area contributed by atoms with Crippen molar-refractivity contribution < 1.29 is 17.9 Å². The van der Waals surface area contributed by atoms with Crippen molar-refractivity contribution in [2.24, 2.45) is 0 Å². The summed E-state index contributed by atoms with van der Waals surface area (Å²) in [7, 11) is 1.61. The van der Waals surface area contributed by atoms with E-state index in [1.807, 2.05) is 25.1 Å². The van der Waals surface area contributed by atoms with Gasteiger partial charge in [0.15, 0.2) is 0 Å². The molecule has 1 aromatic rings. The molecule has 0 aliphatic rings. The van der Waals surface area contributed by atoms with Crippen LogP contribution in [0.4, 0.5) is 13.2 Å². The van der Waals surface area contributed by atoms with Crippen LogP contribution in [0.5, 0.6) is 0 Å². The molecular formula is C16H22F3NO. The van der Waals surface area contributed by atoms with Gasteiger partial charge < -0.3 is 10.1 Å². The van der Waals surface area contributed by atoms with Crippen LogP contribution in [0, 0.1) is 0 Å². The second-order valence-electron chi connectivity index (χ2n) is 4.98. The summed E-state index contributed by atoms with van der Waals surface area (Å²) in [5.74, 6) is 0. The average molecular weight is 301 g/mol. The summed E-state index contributed by atoms with van der Waals surface area (Å²) in [5, 5.41) is 2.68. The van der Waals surface area contributed by atoms with Crippen molar-refractivity contribution in [2.45, 2.75) is 45.0 Å². The van der Waals surface area contributed by atoms with Gasteiger partial charge in [-0.15, -0.1) is 0 Å². The molecule has 1 N–H and O–H groups in total. The number of ether oxygens (including phenoxy) is 1. The molecule has 118 valence electrons. The maximum Gasteiger partial charge on any atom is 0.391 e. The van der Waals surface area contributed by atoms with Crippen LogP contribution in [0.3, 0.4) is 0 Å². The van der Waals surface area contributed by atoms with E-state index in [0.717, 1.165) is 23.1 Å². The molecule has 0 fully saturated rings. The standard InChI is InChI=1S/C16H22F3NO/c1-4-13-7-6-12(8-14(13)11-21-3)9-15(20-5-2)10-16(17,18)19/h5-8,15,20H,2,4,9-11H2,1,3H3. The van der Waals surface area contributed by atoms with Gasteiger partial charge in [-0.1, -0.05) is 31.7 Å². The highest BCUT2D eigenvalue weighted by Gasteiger charge is 2.31. The van der Waals surface area contributed by atoms with Gasteiger partial charge in [-0.25, -0.2) is 0 Å². The van der Waals surface area contributed by atoms with Crippen molar-refractivity contribution in [3.8, 4) is 0 Å². The zero-order valence-corrected chi connectivity index (χ0v) is 12.5. The molecule has 5 heteroatoms. The fraction of sp³-hybridized carbons (Fsp3) is 0.500. The Bertz CT molecular complexity index is 457. The number of alkyl halides is 3. The molecular weight excluding hydrogens is 279 g/mol. The van der Waals surface area contributed by atoms with Gasteiger partial charge in [0.25, 0.3) is 0 Å². The molecule has 1 rings (SSSR count). The number of nitrogens with one attached hydrogen (secondary N) is 1. The van der Waals surface area contributed by atoms with Crippen LogP contribution < -0.4 is 5.32 Å². The Labute approximate surface area is 124 Å². The first-order valence-corrected chi connectivity index (χ1v) is 6.93. The van der Waals surface area contributed by atoms with Crippen LogP contribution in [0.1, 0.15) is 30.0 Å². The molecule has 0 saturated carbocycles. The fourth-order valence-corrected chi connectivity index (χ4v) is 2.36. The predicted molar refractivity (Wildman–Crippen MR) is 78.0 cm³/mol. The number of benzene rings is 1. The van der Waals surface area contributed by atoms with E-state index in [4.69, 9.17) is 4.74 Å². The molecule has 21 heavy (non-hydrogen) atoms. The van der Waals surface area contributed by atoms with Crippen molar-refractivity contribution in [2.75, 3.05) is 7.11 Å². The molecule has 0 saturated heterocycles. The van der Waals surface area contributed by atoms with Crippen molar-refractivity contribution in [3.05, 3.63) is 47.7 Å². The fourth-order valence-electron chi connectivity index (χ4n) is 2.36. The molecule has 0 aliphatic heterocycles. The largest absolute Gasteiger partial charge is 0.391 e. The van der Waals surface area contributed by atoms with E-state index in [2.05, 4.69) is 11.9 Å². The highest BCUT2D eigenvalue weighted by atomic mass is 19.4. The van der Waals surface area contributed by atoms with E-state index in [1.54, 1.807) is 7.11 Å². The lowest BCUT2D eigenvalue weighted by Crippen LogP contribution is -2.32. The van der Waals surface area contributed by atoms with Crippen LogP contribution in [0.2, 0.25) is 0 Å². The van der Waals surface area contributed by atoms with Crippen LogP contribution in [0.25, 0.3) is 0 Å². The van der Waals surface area contributed by atoms with Gasteiger partial charge in [-0.05, 0) is 35.7 Å². The van der Waals surface area contributed by atoms with Gasteiger partial charge in [0.1, 0.15) is 0 Å². The van der Waals surface area contributed by atoms with Crippen molar-refractivity contribution in [1.82, 2.24) is 5.32 Å². The SMILES string of the molecule is C=CNC(Cc1ccc(CC)c(COC)c1)CC(F)(F)F. The summed E-state index contributed by atoms with van der Waals surface area (Å²) in [4.78, 5) is 0. The molecule has 0 aromatic heterocycles. The van der Waals surface area contributed by atoms with Gasteiger partial charge in [-0.3, -0.25) is 0 Å². The molecule has 0 aliphatic carbocycles. The Morgan fingerprint density at radius 3 is 2.57 bits per heavy atom. The van der Waals surface area contributed by atoms with Gasteiger partial charge in [0.05, 0.1) is 13.0 Å². The van der Waals surface area contributed by atoms with Gasteiger partial charge >= 0.3 is 6.18 Å². The summed E-state index contributed by atoms with van der Waals surface area (Å²) in [6.07, 6.45) is -2.59. The molecule has 0 amide bonds. The lowest BCUT2D eigenvalue weighted by Gasteiger charge is -2.20. The molecule has 1 unspecified atom stereocenters. The second kappa shape index (κ2) is 8.08. The third kappa shape index (κ3) is 6.21. The first kappa shape index (κ1) is 17.6. The lowest BCUT2D eigenvalue weighted by molar-refractivity contribution is -0.139. The molecule has 1 atom stereocenters. The van der Waals surface area contributed by atoms with E-state index in [0.29, 0.717) is 13.0 Å². The Balaban J connectivity index is 2.87. The first-order chi connectivity index (χ1) is 9.89. The molecule has 2 nitrogen and oxygen atoms in total. The highest BCUT2D eigenvalue weighted by Crippen LogP contribution is 2.24. The Morgan fingerprint density at radius 2 is 2.05 bits per heavy atom. The van der Waals surface area contributed by atoms with Crippen LogP contribution in [0.15, 0.2) is 31.0 Å². The number of methoxy groups -OCH3 is 1. The minimum atomic E-state index is -4.20. The molecule has 0 heterocycles. The van der Waals surface area contributed by atoms with Crippen LogP contribution in [-0.2, 0) is 24.2 Å². The summed E-state index contributed by atoms with van der Waals surface area (Å²) < 4.78 is 42.8. The maximum absolute atomic E-state index is 12.6. The zero-order chi connectivity index (χ0) is 15.9. The quantitative estimate of drug-likeness (QED) is 0.784. The van der Waals surface area contributed by atoms with Crippen molar-refractivity contribution >= 4 is 0 Å². The Hall–Kier alpha value is -1.49.